The van der Waals surface area contributed by atoms with Crippen LogP contribution >= 0.6 is 0 Å². The molecule has 0 aliphatic carbocycles. The number of ether oxygens (including phenoxy) is 2. The van der Waals surface area contributed by atoms with Gasteiger partial charge >= 0.3 is 12.1 Å². The third-order valence-corrected chi connectivity index (χ3v) is 2.44. The van der Waals surface area contributed by atoms with Gasteiger partial charge in [-0.25, -0.2) is 4.39 Å². The van der Waals surface area contributed by atoms with Gasteiger partial charge < -0.3 is 9.47 Å². The Bertz CT molecular complexity index is 479. The van der Waals surface area contributed by atoms with Crippen LogP contribution in [0, 0.1) is 0 Å². The number of esters is 1. The summed E-state index contributed by atoms with van der Waals surface area (Å²) in [6.07, 6.45) is -2.01. The van der Waals surface area contributed by atoms with Gasteiger partial charge in [0.05, 0.1) is 0 Å². The maximum atomic E-state index is 14.0. The second kappa shape index (κ2) is 9.32. The van der Waals surface area contributed by atoms with Gasteiger partial charge in [-0.2, -0.15) is 9.71 Å². The first-order valence-electron chi connectivity index (χ1n) is 7.75. The van der Waals surface area contributed by atoms with Crippen molar-refractivity contribution >= 4 is 12.1 Å². The van der Waals surface area contributed by atoms with Crippen molar-refractivity contribution in [3.63, 3.8) is 0 Å². The Morgan fingerprint density at radius 1 is 1.17 bits per heavy atom. The fraction of sp³-hybridized carbons (Fsp3) is 0.867. The fourth-order valence-electron chi connectivity index (χ4n) is 1.65. The number of hydrogen-bond acceptors (Lipinski definition) is 5. The van der Waals surface area contributed by atoms with Crippen LogP contribution in [0.15, 0.2) is 5.22 Å². The summed E-state index contributed by atoms with van der Waals surface area (Å²) in [5.74, 6) is -0.409. The van der Waals surface area contributed by atoms with Crippen LogP contribution in [0.3, 0.4) is 0 Å². The van der Waals surface area contributed by atoms with E-state index in [-0.39, 0.29) is 19.3 Å². The molecule has 0 rings (SSSR count). The van der Waals surface area contributed by atoms with Gasteiger partial charge in [0.25, 0.3) is 0 Å². The first-order valence-corrected chi connectivity index (χ1v) is 7.75. The highest BCUT2D eigenvalue weighted by Crippen LogP contribution is 2.15. The summed E-state index contributed by atoms with van der Waals surface area (Å²) in [5, 5.41) is 3.75. The van der Waals surface area contributed by atoms with Crippen molar-refractivity contribution in [1.29, 1.82) is 0 Å². The monoisotopic (exact) mass is 346 g/mol. The number of carbonyl (C=O) groups excluding carboxylic acids is 2. The largest absolute Gasteiger partial charge is 0.510 e. The van der Waals surface area contributed by atoms with E-state index in [0.29, 0.717) is 5.01 Å². The highest BCUT2D eigenvalue weighted by molar-refractivity contribution is 5.69. The van der Waals surface area contributed by atoms with E-state index < -0.39 is 36.0 Å². The molecule has 8 nitrogen and oxygen atoms in total. The van der Waals surface area contributed by atoms with Gasteiger partial charge in [0, 0.05) is 6.42 Å². The smallest absolute Gasteiger partial charge is 0.460 e. The molecule has 0 heterocycles. The van der Waals surface area contributed by atoms with Crippen LogP contribution in [-0.4, -0.2) is 41.0 Å². The molecule has 0 aromatic carbocycles. The zero-order chi connectivity index (χ0) is 19.0. The Morgan fingerprint density at radius 3 is 2.17 bits per heavy atom. The van der Waals surface area contributed by atoms with E-state index in [1.807, 2.05) is 0 Å². The molecule has 0 aliphatic heterocycles. The summed E-state index contributed by atoms with van der Waals surface area (Å²) >= 11 is 0. The third-order valence-electron chi connectivity index (χ3n) is 2.44. The van der Waals surface area contributed by atoms with Crippen molar-refractivity contribution in [3.05, 3.63) is 10.4 Å². The lowest BCUT2D eigenvalue weighted by Crippen LogP contribution is -2.36. The molecule has 0 aromatic heterocycles. The lowest BCUT2D eigenvalue weighted by Gasteiger charge is -2.22. The quantitative estimate of drug-likeness (QED) is 0.225. The molecule has 0 saturated heterocycles. The molecule has 24 heavy (non-hydrogen) atoms. The number of azide groups is 1. The minimum absolute atomic E-state index is 0.0273. The van der Waals surface area contributed by atoms with E-state index in [2.05, 4.69) is 10.1 Å². The Kier molecular flexibility index (Phi) is 8.53. The number of hydrogen-bond donors (Lipinski definition) is 0. The van der Waals surface area contributed by atoms with Gasteiger partial charge in [0.2, 0.25) is 0 Å². The van der Waals surface area contributed by atoms with Crippen molar-refractivity contribution in [2.45, 2.75) is 78.2 Å². The zero-order valence-electron chi connectivity index (χ0n) is 15.2. The van der Waals surface area contributed by atoms with Crippen LogP contribution in [0.4, 0.5) is 9.18 Å². The SMILES string of the molecule is CC(C)(C)OC(=O)CCCC(F)CN(N=[N+]=[N-])C(=O)OC(C)(C)C. The maximum absolute atomic E-state index is 14.0. The van der Waals surface area contributed by atoms with E-state index in [0.717, 1.165) is 0 Å². The van der Waals surface area contributed by atoms with Crippen molar-refractivity contribution < 1.29 is 23.5 Å². The Labute approximate surface area is 141 Å². The van der Waals surface area contributed by atoms with Crippen molar-refractivity contribution in [2.75, 3.05) is 6.54 Å². The average molecular weight is 346 g/mol. The second-order valence-electron chi connectivity index (χ2n) is 7.32. The zero-order valence-corrected chi connectivity index (χ0v) is 15.2. The first-order chi connectivity index (χ1) is 10.8. The average Bonchev–Trinajstić information content (AvgIpc) is 2.33. The Balaban J connectivity index is 4.39. The highest BCUT2D eigenvalue weighted by atomic mass is 19.1. The van der Waals surface area contributed by atoms with Crippen LogP contribution in [0.25, 0.3) is 10.4 Å². The number of carbonyl (C=O) groups is 2. The van der Waals surface area contributed by atoms with Gasteiger partial charge in [0.15, 0.2) is 0 Å². The summed E-state index contributed by atoms with van der Waals surface area (Å²) in [6.45, 7) is 9.75. The molecule has 0 saturated carbocycles. The summed E-state index contributed by atoms with van der Waals surface area (Å²) in [7, 11) is 0. The molecule has 1 amide bonds. The first kappa shape index (κ1) is 22.0. The number of amides is 1. The normalized spacial score (nSPS) is 12.8. The van der Waals surface area contributed by atoms with E-state index >= 15 is 0 Å². The van der Waals surface area contributed by atoms with E-state index in [4.69, 9.17) is 15.0 Å². The topological polar surface area (TPSA) is 105 Å². The van der Waals surface area contributed by atoms with Gasteiger partial charge in [0.1, 0.15) is 23.9 Å². The predicted octanol–water partition coefficient (Wildman–Crippen LogP) is 4.30. The van der Waals surface area contributed by atoms with Crippen molar-refractivity contribution in [2.24, 2.45) is 5.22 Å². The van der Waals surface area contributed by atoms with E-state index in [1.54, 1.807) is 41.5 Å². The van der Waals surface area contributed by atoms with Crippen LogP contribution in [0.5, 0.6) is 0 Å². The van der Waals surface area contributed by atoms with Crippen LogP contribution in [0.1, 0.15) is 60.8 Å². The number of rotatable bonds is 7. The lowest BCUT2D eigenvalue weighted by atomic mass is 10.1. The molecule has 9 heteroatoms. The summed E-state index contributed by atoms with van der Waals surface area (Å²) in [4.78, 5) is 25.9. The summed E-state index contributed by atoms with van der Waals surface area (Å²) in [6, 6.07) is 0. The summed E-state index contributed by atoms with van der Waals surface area (Å²) in [5.41, 5.74) is 7.11. The van der Waals surface area contributed by atoms with Crippen LogP contribution < -0.4 is 0 Å². The van der Waals surface area contributed by atoms with Crippen molar-refractivity contribution in [3.8, 4) is 0 Å². The molecule has 0 aliphatic rings. The van der Waals surface area contributed by atoms with Crippen molar-refractivity contribution in [1.82, 2.24) is 5.01 Å². The molecule has 0 radical (unpaired) electrons. The molecule has 0 N–H and O–H groups in total. The maximum Gasteiger partial charge on any atom is 0.510 e. The molecule has 0 bridgehead atoms. The van der Waals surface area contributed by atoms with Gasteiger partial charge in [-0.05, 0) is 59.6 Å². The molecule has 1 atom stereocenters. The van der Waals surface area contributed by atoms with E-state index in [1.165, 1.54) is 0 Å². The summed E-state index contributed by atoms with van der Waals surface area (Å²) < 4.78 is 24.1. The number of halogens is 1. The molecule has 1 unspecified atom stereocenters. The van der Waals surface area contributed by atoms with Gasteiger partial charge in [-0.15, -0.1) is 10.5 Å². The van der Waals surface area contributed by atoms with E-state index in [9.17, 15) is 14.0 Å². The van der Waals surface area contributed by atoms with Gasteiger partial charge in [-0.3, -0.25) is 4.79 Å². The molecule has 0 spiro atoms. The molecule has 0 aromatic rings. The lowest BCUT2D eigenvalue weighted by molar-refractivity contribution is -0.155. The predicted molar refractivity (Wildman–Crippen MR) is 86.7 cm³/mol. The molecule has 0 fully saturated rings. The number of alkyl halides is 1. The molecular weight excluding hydrogens is 319 g/mol. The van der Waals surface area contributed by atoms with Gasteiger partial charge in [-0.1, -0.05) is 0 Å². The fourth-order valence-corrected chi connectivity index (χ4v) is 1.65. The highest BCUT2D eigenvalue weighted by Gasteiger charge is 2.28. The minimum atomic E-state index is -1.45. The Hall–Kier alpha value is -2.02. The second-order valence-corrected chi connectivity index (χ2v) is 7.32. The van der Waals surface area contributed by atoms with Crippen LogP contribution in [0.2, 0.25) is 0 Å². The third kappa shape index (κ3) is 11.5. The minimum Gasteiger partial charge on any atom is -0.460 e. The number of nitrogens with zero attached hydrogens (tertiary/aromatic N) is 4. The standard InChI is InChI=1S/C15H27FN4O4/c1-14(2,3)23-12(21)9-7-8-11(16)10-20(19-18-17)13(22)24-15(4,5)6/h11H,7-10H2,1-6H3. The Morgan fingerprint density at radius 2 is 1.71 bits per heavy atom. The molecular formula is C15H27FN4O4. The molecule has 138 valence electrons. The van der Waals surface area contributed by atoms with Crippen LogP contribution in [-0.2, 0) is 14.3 Å².